The van der Waals surface area contributed by atoms with Gasteiger partial charge in [-0.05, 0) is 43.2 Å². The lowest BCUT2D eigenvalue weighted by Gasteiger charge is -2.30. The number of unbranched alkanes of at least 4 members (excludes halogenated alkanes) is 1. The first-order chi connectivity index (χ1) is 16.1. The number of carbonyl (C=O) groups excluding carboxylic acids is 2. The average Bonchev–Trinajstić information content (AvgIpc) is 3.34. The smallest absolute Gasteiger partial charge is 0.242 e. The van der Waals surface area contributed by atoms with Crippen molar-refractivity contribution in [3.05, 3.63) is 58.3 Å². The van der Waals surface area contributed by atoms with Crippen molar-refractivity contribution in [2.45, 2.75) is 66.0 Å². The van der Waals surface area contributed by atoms with Gasteiger partial charge in [-0.1, -0.05) is 63.1 Å². The molecule has 1 heterocycles. The summed E-state index contributed by atoms with van der Waals surface area (Å²) in [5, 5.41) is 2.03. The van der Waals surface area contributed by atoms with Gasteiger partial charge in [-0.25, -0.2) is 0 Å². The van der Waals surface area contributed by atoms with Gasteiger partial charge in [-0.2, -0.15) is 0 Å². The summed E-state index contributed by atoms with van der Waals surface area (Å²) in [5.74, 6) is 0.0682. The number of thiophene rings is 1. The molecule has 0 bridgehead atoms. The normalized spacial score (nSPS) is 11.8. The van der Waals surface area contributed by atoms with Crippen molar-refractivity contribution < 1.29 is 14.3 Å². The molecular formula is C27H40N2O3S. The van der Waals surface area contributed by atoms with E-state index in [4.69, 9.17) is 4.74 Å². The average molecular weight is 473 g/mol. The molecule has 182 valence electrons. The molecule has 0 unspecified atom stereocenters. The molecule has 0 aliphatic rings. The summed E-state index contributed by atoms with van der Waals surface area (Å²) < 4.78 is 5.48. The highest BCUT2D eigenvalue weighted by Gasteiger charge is 2.26. The zero-order chi connectivity index (χ0) is 23.9. The predicted molar refractivity (Wildman–Crippen MR) is 136 cm³/mol. The number of ether oxygens (including phenoxy) is 1. The van der Waals surface area contributed by atoms with E-state index in [9.17, 15) is 9.59 Å². The highest BCUT2D eigenvalue weighted by molar-refractivity contribution is 7.09. The fourth-order valence-corrected chi connectivity index (χ4v) is 4.59. The van der Waals surface area contributed by atoms with Crippen LogP contribution in [-0.4, -0.2) is 47.9 Å². The number of amides is 2. The van der Waals surface area contributed by atoms with Crippen LogP contribution < -0.4 is 0 Å². The van der Waals surface area contributed by atoms with Crippen molar-refractivity contribution in [1.82, 2.24) is 9.80 Å². The highest BCUT2D eigenvalue weighted by Crippen LogP contribution is 2.18. The van der Waals surface area contributed by atoms with Crippen LogP contribution in [0.15, 0.2) is 47.8 Å². The van der Waals surface area contributed by atoms with E-state index in [1.807, 2.05) is 53.6 Å². The molecular weight excluding hydrogens is 432 g/mol. The van der Waals surface area contributed by atoms with E-state index in [-0.39, 0.29) is 24.3 Å². The fraction of sp³-hybridized carbons (Fsp3) is 0.556. The molecule has 0 fully saturated rings. The highest BCUT2D eigenvalue weighted by atomic mass is 32.1. The zero-order valence-corrected chi connectivity index (χ0v) is 21.3. The van der Waals surface area contributed by atoms with Crippen molar-refractivity contribution in [2.75, 3.05) is 26.3 Å². The van der Waals surface area contributed by atoms with E-state index in [2.05, 4.69) is 19.9 Å². The second-order valence-corrected chi connectivity index (χ2v) is 9.40. The number of rotatable bonds is 16. The Morgan fingerprint density at radius 1 is 0.970 bits per heavy atom. The molecule has 0 saturated carbocycles. The molecule has 2 rings (SSSR count). The molecule has 6 heteroatoms. The number of nitrogens with zero attached hydrogens (tertiary/aromatic N) is 2. The minimum absolute atomic E-state index is 0.0117. The van der Waals surface area contributed by atoms with Crippen LogP contribution in [-0.2, 0) is 27.4 Å². The number of carbonyl (C=O) groups is 2. The van der Waals surface area contributed by atoms with Gasteiger partial charge in [0.25, 0.3) is 0 Å². The minimum Gasteiger partial charge on any atom is -0.382 e. The van der Waals surface area contributed by atoms with Gasteiger partial charge >= 0.3 is 0 Å². The Bertz CT molecular complexity index is 795. The fourth-order valence-electron chi connectivity index (χ4n) is 3.87. The molecule has 2 amide bonds. The maximum atomic E-state index is 13.5. The maximum absolute atomic E-state index is 13.5. The van der Waals surface area contributed by atoms with Gasteiger partial charge in [0, 0.05) is 37.1 Å². The largest absolute Gasteiger partial charge is 0.382 e. The molecule has 0 aliphatic heterocycles. The van der Waals surface area contributed by atoms with Crippen LogP contribution in [0.5, 0.6) is 0 Å². The van der Waals surface area contributed by atoms with Crippen molar-refractivity contribution in [3.8, 4) is 0 Å². The van der Waals surface area contributed by atoms with Crippen molar-refractivity contribution in [2.24, 2.45) is 5.92 Å². The van der Waals surface area contributed by atoms with Crippen molar-refractivity contribution in [1.29, 1.82) is 0 Å². The second-order valence-electron chi connectivity index (χ2n) is 8.37. The molecule has 0 saturated heterocycles. The molecule has 0 aliphatic carbocycles. The number of benzene rings is 1. The zero-order valence-electron chi connectivity index (χ0n) is 20.5. The van der Waals surface area contributed by atoms with E-state index in [0.717, 1.165) is 42.5 Å². The van der Waals surface area contributed by atoms with Crippen molar-refractivity contribution >= 4 is 23.2 Å². The third kappa shape index (κ3) is 9.68. The quantitative estimate of drug-likeness (QED) is 0.292. The Balaban J connectivity index is 2.15. The lowest BCUT2D eigenvalue weighted by Crippen LogP contribution is -2.45. The molecule has 0 N–H and O–H groups in total. The molecule has 33 heavy (non-hydrogen) atoms. The predicted octanol–water partition coefficient (Wildman–Crippen LogP) is 5.75. The Hall–Kier alpha value is -2.18. The van der Waals surface area contributed by atoms with Crippen LogP contribution in [0.1, 0.15) is 63.3 Å². The van der Waals surface area contributed by atoms with Crippen LogP contribution in [0.4, 0.5) is 0 Å². The second kappa shape index (κ2) is 15.6. The first-order valence-corrected chi connectivity index (χ1v) is 13.2. The molecule has 1 atom stereocenters. The third-order valence-corrected chi connectivity index (χ3v) is 6.66. The lowest BCUT2D eigenvalue weighted by atomic mass is 9.97. The summed E-state index contributed by atoms with van der Waals surface area (Å²) in [6, 6.07) is 14.1. The summed E-state index contributed by atoms with van der Waals surface area (Å²) in [6.45, 7) is 9.19. The molecule has 0 spiro atoms. The van der Waals surface area contributed by atoms with Gasteiger partial charge in [0.2, 0.25) is 11.8 Å². The van der Waals surface area contributed by atoms with Crippen molar-refractivity contribution in [3.63, 3.8) is 0 Å². The lowest BCUT2D eigenvalue weighted by molar-refractivity contribution is -0.144. The summed E-state index contributed by atoms with van der Waals surface area (Å²) in [7, 11) is 0. The molecule has 0 radical (unpaired) electrons. The standard InChI is InChI=1S/C27H40N2O3S/c1-4-7-15-24(5-2)27(31)28(17-12-18-32-6-3)22-26(30)29(21-25-16-11-19-33-25)20-23-13-9-8-10-14-23/h8-11,13-14,16,19,24H,4-7,12,15,17-18,20-22H2,1-3H3/t24-/m1/s1. The first kappa shape index (κ1) is 27.1. The van der Waals surface area contributed by atoms with E-state index in [1.165, 1.54) is 0 Å². The van der Waals surface area contributed by atoms with Crippen LogP contribution in [0.3, 0.4) is 0 Å². The van der Waals surface area contributed by atoms with E-state index < -0.39 is 0 Å². The van der Waals surface area contributed by atoms with E-state index in [1.54, 1.807) is 16.2 Å². The van der Waals surface area contributed by atoms with Gasteiger partial charge < -0.3 is 14.5 Å². The van der Waals surface area contributed by atoms with Crippen LogP contribution in [0, 0.1) is 5.92 Å². The summed E-state index contributed by atoms with van der Waals surface area (Å²) in [5.41, 5.74) is 1.09. The minimum atomic E-state index is -0.0234. The number of hydrogen-bond donors (Lipinski definition) is 0. The summed E-state index contributed by atoms with van der Waals surface area (Å²) in [4.78, 5) is 31.7. The molecule has 5 nitrogen and oxygen atoms in total. The topological polar surface area (TPSA) is 49.9 Å². The van der Waals surface area contributed by atoms with E-state index in [0.29, 0.717) is 32.8 Å². The van der Waals surface area contributed by atoms with Crippen LogP contribution >= 0.6 is 11.3 Å². The van der Waals surface area contributed by atoms with Gasteiger partial charge in [-0.3, -0.25) is 9.59 Å². The Kier molecular flexibility index (Phi) is 12.8. The Morgan fingerprint density at radius 3 is 2.39 bits per heavy atom. The monoisotopic (exact) mass is 472 g/mol. The van der Waals surface area contributed by atoms with Crippen LogP contribution in [0.2, 0.25) is 0 Å². The van der Waals surface area contributed by atoms with Crippen LogP contribution in [0.25, 0.3) is 0 Å². The van der Waals surface area contributed by atoms with Gasteiger partial charge in [0.05, 0.1) is 13.1 Å². The Morgan fingerprint density at radius 2 is 1.76 bits per heavy atom. The first-order valence-electron chi connectivity index (χ1n) is 12.3. The molecule has 1 aromatic carbocycles. The maximum Gasteiger partial charge on any atom is 0.242 e. The number of hydrogen-bond acceptors (Lipinski definition) is 4. The molecule has 1 aromatic heterocycles. The van der Waals surface area contributed by atoms with Gasteiger partial charge in [-0.15, -0.1) is 11.3 Å². The Labute approximate surface area is 203 Å². The van der Waals surface area contributed by atoms with Gasteiger partial charge in [0.15, 0.2) is 0 Å². The molecule has 2 aromatic rings. The third-order valence-electron chi connectivity index (χ3n) is 5.80. The van der Waals surface area contributed by atoms with Gasteiger partial charge in [0.1, 0.15) is 0 Å². The SMILES string of the molecule is CCCC[C@@H](CC)C(=O)N(CCCOCC)CC(=O)N(Cc1ccccc1)Cc1cccs1. The summed E-state index contributed by atoms with van der Waals surface area (Å²) >= 11 is 1.65. The van der Waals surface area contributed by atoms with E-state index >= 15 is 0 Å². The summed E-state index contributed by atoms with van der Waals surface area (Å²) in [6.07, 6.45) is 4.52.